The summed E-state index contributed by atoms with van der Waals surface area (Å²) in [5.74, 6) is -0.943. The van der Waals surface area contributed by atoms with Gasteiger partial charge in [-0.15, -0.1) is 0 Å². The summed E-state index contributed by atoms with van der Waals surface area (Å²) in [7, 11) is 0. The molecule has 0 saturated carbocycles. The molecule has 2 aromatic rings. The molecule has 1 aliphatic rings. The van der Waals surface area contributed by atoms with E-state index in [4.69, 9.17) is 0 Å². The van der Waals surface area contributed by atoms with E-state index in [1.165, 1.54) is 6.07 Å². The molecule has 1 aliphatic heterocycles. The quantitative estimate of drug-likeness (QED) is 0.878. The lowest BCUT2D eigenvalue weighted by atomic mass is 9.89. The molecule has 144 valence electrons. The Bertz CT molecular complexity index is 802. The van der Waals surface area contributed by atoms with Gasteiger partial charge < -0.3 is 10.0 Å². The van der Waals surface area contributed by atoms with Crippen LogP contribution < -0.4 is 4.90 Å². The molecule has 0 amide bonds. The molecule has 1 heterocycles. The first kappa shape index (κ1) is 19.2. The Balaban J connectivity index is 1.78. The molecule has 1 fully saturated rings. The van der Waals surface area contributed by atoms with Crippen molar-refractivity contribution in [1.82, 2.24) is 4.90 Å². The largest absolute Gasteiger partial charge is 0.480 e. The number of carboxylic acid groups (broad SMARTS) is 1. The fraction of sp³-hybridized carbons (Fsp3) is 0.350. The van der Waals surface area contributed by atoms with Crippen LogP contribution in [0.4, 0.5) is 18.9 Å². The number of nitrogens with zero attached hydrogens (tertiary/aromatic N) is 2. The van der Waals surface area contributed by atoms with Crippen LogP contribution in [0.3, 0.4) is 0 Å². The molecule has 0 radical (unpaired) electrons. The van der Waals surface area contributed by atoms with Gasteiger partial charge in [-0.25, -0.2) is 4.79 Å². The van der Waals surface area contributed by atoms with E-state index < -0.39 is 23.2 Å². The van der Waals surface area contributed by atoms with Crippen LogP contribution in [0.2, 0.25) is 0 Å². The maximum Gasteiger partial charge on any atom is 0.416 e. The summed E-state index contributed by atoms with van der Waals surface area (Å²) >= 11 is 0. The molecule has 7 heteroatoms. The maximum absolute atomic E-state index is 12.9. The SMILES string of the molecule is CC(C(=O)O)(c1ccccc1)N1CCN(c2cccc(C(F)(F)F)c2)CC1. The standard InChI is InChI=1S/C20H21F3N2O2/c1-19(18(26)27,15-6-3-2-4-7-15)25-12-10-24(11-13-25)17-9-5-8-16(14-17)20(21,22)23/h2-9,14H,10-13H2,1H3,(H,26,27). The van der Waals surface area contributed by atoms with Gasteiger partial charge in [0.2, 0.25) is 0 Å². The summed E-state index contributed by atoms with van der Waals surface area (Å²) in [6.07, 6.45) is -4.38. The van der Waals surface area contributed by atoms with Crippen molar-refractivity contribution >= 4 is 11.7 Å². The van der Waals surface area contributed by atoms with Crippen molar-refractivity contribution in [3.8, 4) is 0 Å². The Morgan fingerprint density at radius 1 is 0.926 bits per heavy atom. The maximum atomic E-state index is 12.9. The molecule has 1 atom stereocenters. The van der Waals surface area contributed by atoms with Crippen molar-refractivity contribution in [2.75, 3.05) is 31.1 Å². The lowest BCUT2D eigenvalue weighted by Crippen LogP contribution is -2.57. The van der Waals surface area contributed by atoms with Crippen LogP contribution in [0.15, 0.2) is 54.6 Å². The fourth-order valence-corrected chi connectivity index (χ4v) is 3.49. The van der Waals surface area contributed by atoms with Gasteiger partial charge in [0.1, 0.15) is 5.54 Å². The minimum atomic E-state index is -4.38. The second kappa shape index (κ2) is 7.23. The number of rotatable bonds is 4. The summed E-state index contributed by atoms with van der Waals surface area (Å²) in [4.78, 5) is 15.8. The zero-order valence-electron chi connectivity index (χ0n) is 14.9. The van der Waals surface area contributed by atoms with Gasteiger partial charge >= 0.3 is 12.1 Å². The third-order valence-corrected chi connectivity index (χ3v) is 5.20. The van der Waals surface area contributed by atoms with Crippen LogP contribution in [0.1, 0.15) is 18.1 Å². The molecule has 2 aromatic carbocycles. The van der Waals surface area contributed by atoms with E-state index in [2.05, 4.69) is 0 Å². The van der Waals surface area contributed by atoms with Gasteiger partial charge in [-0.3, -0.25) is 4.90 Å². The predicted molar refractivity (Wildman–Crippen MR) is 96.7 cm³/mol. The number of anilines is 1. The topological polar surface area (TPSA) is 43.8 Å². The molecule has 1 unspecified atom stereocenters. The van der Waals surface area contributed by atoms with E-state index in [9.17, 15) is 23.1 Å². The Kier molecular flexibility index (Phi) is 5.15. The summed E-state index contributed by atoms with van der Waals surface area (Å²) in [5, 5.41) is 9.87. The van der Waals surface area contributed by atoms with Crippen molar-refractivity contribution in [2.24, 2.45) is 0 Å². The minimum Gasteiger partial charge on any atom is -0.480 e. The van der Waals surface area contributed by atoms with Crippen LogP contribution in [0, 0.1) is 0 Å². The number of halogens is 3. The van der Waals surface area contributed by atoms with Crippen molar-refractivity contribution in [1.29, 1.82) is 0 Å². The first-order valence-corrected chi connectivity index (χ1v) is 8.69. The van der Waals surface area contributed by atoms with Gasteiger partial charge in [0, 0.05) is 31.9 Å². The Labute approximate surface area is 155 Å². The molecule has 1 N–H and O–H groups in total. The molecular formula is C20H21F3N2O2. The molecule has 4 nitrogen and oxygen atoms in total. The molecule has 0 bridgehead atoms. The Morgan fingerprint density at radius 3 is 2.07 bits per heavy atom. The molecule has 1 saturated heterocycles. The zero-order chi connectivity index (χ0) is 19.7. The number of benzene rings is 2. The monoisotopic (exact) mass is 378 g/mol. The van der Waals surface area contributed by atoms with E-state index in [0.717, 1.165) is 12.1 Å². The molecule has 0 aliphatic carbocycles. The highest BCUT2D eigenvalue weighted by atomic mass is 19.4. The molecule has 0 aromatic heterocycles. The molecular weight excluding hydrogens is 357 g/mol. The number of hydrogen-bond acceptors (Lipinski definition) is 3. The van der Waals surface area contributed by atoms with Crippen LogP contribution in [-0.2, 0) is 16.5 Å². The van der Waals surface area contributed by atoms with E-state index in [0.29, 0.717) is 37.4 Å². The Morgan fingerprint density at radius 2 is 1.52 bits per heavy atom. The summed E-state index contributed by atoms with van der Waals surface area (Å²) in [6, 6.07) is 14.2. The zero-order valence-corrected chi connectivity index (χ0v) is 14.9. The Hall–Kier alpha value is -2.54. The van der Waals surface area contributed by atoms with Gasteiger partial charge in [-0.2, -0.15) is 13.2 Å². The van der Waals surface area contributed by atoms with Crippen molar-refractivity contribution in [2.45, 2.75) is 18.6 Å². The highest BCUT2D eigenvalue weighted by molar-refractivity contribution is 5.80. The number of carbonyl (C=O) groups is 1. The van der Waals surface area contributed by atoms with Crippen LogP contribution in [0.5, 0.6) is 0 Å². The van der Waals surface area contributed by atoms with E-state index in [1.807, 2.05) is 15.9 Å². The van der Waals surface area contributed by atoms with Gasteiger partial charge in [0.25, 0.3) is 0 Å². The normalized spacial score (nSPS) is 18.1. The number of carboxylic acids is 1. The molecule has 27 heavy (non-hydrogen) atoms. The van der Waals surface area contributed by atoms with Gasteiger partial charge in [-0.05, 0) is 30.7 Å². The average molecular weight is 378 g/mol. The predicted octanol–water partition coefficient (Wildman–Crippen LogP) is 3.83. The highest BCUT2D eigenvalue weighted by Crippen LogP contribution is 2.33. The average Bonchev–Trinajstić information content (AvgIpc) is 2.67. The first-order valence-electron chi connectivity index (χ1n) is 8.69. The second-order valence-corrected chi connectivity index (χ2v) is 6.77. The van der Waals surface area contributed by atoms with E-state index >= 15 is 0 Å². The number of piperazine rings is 1. The lowest BCUT2D eigenvalue weighted by molar-refractivity contribution is -0.151. The number of hydrogen-bond donors (Lipinski definition) is 1. The summed E-state index contributed by atoms with van der Waals surface area (Å²) in [6.45, 7) is 3.46. The fourth-order valence-electron chi connectivity index (χ4n) is 3.49. The van der Waals surface area contributed by atoms with Gasteiger partial charge in [0.15, 0.2) is 0 Å². The lowest BCUT2D eigenvalue weighted by Gasteiger charge is -2.44. The summed E-state index contributed by atoms with van der Waals surface area (Å²) < 4.78 is 38.8. The minimum absolute atomic E-state index is 0.438. The van der Waals surface area contributed by atoms with E-state index in [-0.39, 0.29) is 0 Å². The molecule has 3 rings (SSSR count). The smallest absolute Gasteiger partial charge is 0.416 e. The van der Waals surface area contributed by atoms with E-state index in [1.54, 1.807) is 37.3 Å². The van der Waals surface area contributed by atoms with Gasteiger partial charge in [-0.1, -0.05) is 36.4 Å². The van der Waals surface area contributed by atoms with Crippen molar-refractivity contribution in [3.63, 3.8) is 0 Å². The third kappa shape index (κ3) is 3.78. The third-order valence-electron chi connectivity index (χ3n) is 5.20. The second-order valence-electron chi connectivity index (χ2n) is 6.77. The van der Waals surface area contributed by atoms with Crippen LogP contribution >= 0.6 is 0 Å². The summed E-state index contributed by atoms with van der Waals surface area (Å²) in [5.41, 5.74) is -0.672. The highest BCUT2D eigenvalue weighted by Gasteiger charge is 2.42. The van der Waals surface area contributed by atoms with Crippen LogP contribution in [-0.4, -0.2) is 42.2 Å². The molecule has 0 spiro atoms. The number of alkyl halides is 3. The van der Waals surface area contributed by atoms with Crippen molar-refractivity contribution < 1.29 is 23.1 Å². The first-order chi connectivity index (χ1) is 12.7. The number of aliphatic carboxylic acids is 1. The van der Waals surface area contributed by atoms with Crippen molar-refractivity contribution in [3.05, 3.63) is 65.7 Å². The van der Waals surface area contributed by atoms with Crippen LogP contribution in [0.25, 0.3) is 0 Å². The van der Waals surface area contributed by atoms with Gasteiger partial charge in [0.05, 0.1) is 5.56 Å².